The van der Waals surface area contributed by atoms with Crippen LogP contribution in [0, 0.1) is 12.3 Å². The molecule has 4 rings (SSSR count). The highest BCUT2D eigenvalue weighted by molar-refractivity contribution is 5.95. The lowest BCUT2D eigenvalue weighted by atomic mass is 9.72. The summed E-state index contributed by atoms with van der Waals surface area (Å²) in [5, 5.41) is 9.96. The number of hydrogen-bond donors (Lipinski definition) is 2. The van der Waals surface area contributed by atoms with Crippen molar-refractivity contribution >= 4 is 5.91 Å². The molecule has 2 saturated heterocycles. The van der Waals surface area contributed by atoms with Crippen LogP contribution in [0.25, 0.3) is 11.4 Å². The van der Waals surface area contributed by atoms with Crippen molar-refractivity contribution in [2.24, 2.45) is 5.41 Å². The second-order valence-corrected chi connectivity index (χ2v) is 7.46. The van der Waals surface area contributed by atoms with Gasteiger partial charge in [-0.15, -0.1) is 0 Å². The lowest BCUT2D eigenvalue weighted by Gasteiger charge is -2.34. The molecule has 2 bridgehead atoms. The van der Waals surface area contributed by atoms with Crippen molar-refractivity contribution < 1.29 is 9.90 Å². The molecule has 5 heteroatoms. The van der Waals surface area contributed by atoms with Gasteiger partial charge in [0.1, 0.15) is 11.5 Å². The first-order valence-corrected chi connectivity index (χ1v) is 9.15. The van der Waals surface area contributed by atoms with Crippen LogP contribution in [-0.2, 0) is 0 Å². The smallest absolute Gasteiger partial charge is 0.274 e. The van der Waals surface area contributed by atoms with Crippen LogP contribution in [0.4, 0.5) is 0 Å². The third-order valence-corrected chi connectivity index (χ3v) is 6.24. The van der Waals surface area contributed by atoms with E-state index >= 15 is 0 Å². The fraction of sp³-hybridized carbons (Fsp3) is 0.500. The minimum Gasteiger partial charge on any atom is -0.396 e. The third-order valence-electron chi connectivity index (χ3n) is 6.24. The molecule has 0 saturated carbocycles. The van der Waals surface area contributed by atoms with Crippen LogP contribution >= 0.6 is 0 Å². The maximum Gasteiger partial charge on any atom is 0.274 e. The van der Waals surface area contributed by atoms with Crippen LogP contribution in [0.15, 0.2) is 30.3 Å². The molecule has 0 aliphatic carbocycles. The first-order valence-electron chi connectivity index (χ1n) is 9.15. The van der Waals surface area contributed by atoms with E-state index in [1.165, 1.54) is 0 Å². The first kappa shape index (κ1) is 16.3. The Morgan fingerprint density at radius 2 is 2.12 bits per heavy atom. The quantitative estimate of drug-likeness (QED) is 0.899. The molecule has 132 valence electrons. The van der Waals surface area contributed by atoms with Crippen molar-refractivity contribution in [2.75, 3.05) is 6.61 Å². The number of nitrogens with one attached hydrogen (secondary N) is 1. The van der Waals surface area contributed by atoms with Gasteiger partial charge in [0, 0.05) is 28.8 Å². The van der Waals surface area contributed by atoms with Gasteiger partial charge in [0.05, 0.1) is 6.61 Å². The number of rotatable bonds is 4. The number of benzene rings is 1. The van der Waals surface area contributed by atoms with Gasteiger partial charge in [0.2, 0.25) is 0 Å². The second-order valence-electron chi connectivity index (χ2n) is 7.46. The molecule has 0 unspecified atom stereocenters. The fourth-order valence-corrected chi connectivity index (χ4v) is 4.78. The number of aliphatic hydroxyl groups is 1. The highest BCUT2D eigenvalue weighted by atomic mass is 16.3. The van der Waals surface area contributed by atoms with Gasteiger partial charge in [0.25, 0.3) is 5.91 Å². The van der Waals surface area contributed by atoms with Gasteiger partial charge >= 0.3 is 0 Å². The normalized spacial score (nSPS) is 27.9. The summed E-state index contributed by atoms with van der Waals surface area (Å²) in [6.07, 6.45) is 3.83. The molecule has 1 amide bonds. The van der Waals surface area contributed by atoms with E-state index in [2.05, 4.69) is 16.9 Å². The zero-order chi connectivity index (χ0) is 17.6. The lowest BCUT2D eigenvalue weighted by Crippen LogP contribution is -2.42. The molecule has 0 radical (unpaired) electrons. The second kappa shape index (κ2) is 5.99. The Balaban J connectivity index is 1.65. The average Bonchev–Trinajstić information content (AvgIpc) is 3.33. The number of amides is 1. The zero-order valence-electron chi connectivity index (χ0n) is 14.8. The molecule has 2 aromatic rings. The van der Waals surface area contributed by atoms with Crippen molar-refractivity contribution in [1.82, 2.24) is 14.9 Å². The molecule has 5 nitrogen and oxygen atoms in total. The van der Waals surface area contributed by atoms with Crippen LogP contribution in [0.3, 0.4) is 0 Å². The van der Waals surface area contributed by atoms with E-state index in [9.17, 15) is 9.90 Å². The number of carbonyl (C=O) groups excluding carboxylic acids is 1. The van der Waals surface area contributed by atoms with Crippen molar-refractivity contribution in [3.63, 3.8) is 0 Å². The van der Waals surface area contributed by atoms with E-state index in [-0.39, 0.29) is 30.0 Å². The summed E-state index contributed by atoms with van der Waals surface area (Å²) in [5.74, 6) is 0.740. The van der Waals surface area contributed by atoms with E-state index in [1.54, 1.807) is 0 Å². The number of nitrogens with zero attached hydrogens (tertiary/aromatic N) is 2. The molecule has 0 spiro atoms. The van der Waals surface area contributed by atoms with Crippen LogP contribution in [0.2, 0.25) is 0 Å². The minimum absolute atomic E-state index is 0.00667. The largest absolute Gasteiger partial charge is 0.396 e. The number of aryl methyl sites for hydroxylation is 1. The van der Waals surface area contributed by atoms with Crippen LogP contribution < -0.4 is 0 Å². The van der Waals surface area contributed by atoms with E-state index in [4.69, 9.17) is 0 Å². The van der Waals surface area contributed by atoms with E-state index < -0.39 is 0 Å². The lowest BCUT2D eigenvalue weighted by molar-refractivity contribution is 0.0552. The summed E-state index contributed by atoms with van der Waals surface area (Å²) < 4.78 is 0. The fourth-order valence-electron chi connectivity index (χ4n) is 4.78. The maximum absolute atomic E-state index is 13.3. The molecule has 2 fully saturated rings. The number of hydrogen-bond acceptors (Lipinski definition) is 3. The van der Waals surface area contributed by atoms with Crippen LogP contribution in [-0.4, -0.2) is 44.6 Å². The average molecular weight is 339 g/mol. The minimum atomic E-state index is -0.134. The molecule has 3 atom stereocenters. The molecule has 2 aliphatic rings. The molecular formula is C20H25N3O2. The monoisotopic (exact) mass is 339 g/mol. The van der Waals surface area contributed by atoms with Crippen molar-refractivity contribution in [3.8, 4) is 11.4 Å². The first-order chi connectivity index (χ1) is 12.1. The highest BCUT2D eigenvalue weighted by Gasteiger charge is 2.56. The Labute approximate surface area is 148 Å². The number of aliphatic hydroxyl groups excluding tert-OH is 1. The maximum atomic E-state index is 13.3. The molecule has 3 heterocycles. The zero-order valence-corrected chi connectivity index (χ0v) is 14.8. The summed E-state index contributed by atoms with van der Waals surface area (Å²) in [6, 6.07) is 10.2. The number of carbonyl (C=O) groups is 1. The Bertz CT molecular complexity index is 779. The molecule has 2 N–H and O–H groups in total. The van der Waals surface area contributed by atoms with Crippen molar-refractivity contribution in [1.29, 1.82) is 0 Å². The van der Waals surface area contributed by atoms with Crippen LogP contribution in [0.1, 0.15) is 48.8 Å². The molecule has 25 heavy (non-hydrogen) atoms. The predicted octanol–water partition coefficient (Wildman–Crippen LogP) is 3.15. The highest BCUT2D eigenvalue weighted by Crippen LogP contribution is 2.51. The van der Waals surface area contributed by atoms with E-state index in [0.717, 1.165) is 42.8 Å². The Morgan fingerprint density at radius 3 is 2.76 bits per heavy atom. The Morgan fingerprint density at radius 1 is 1.36 bits per heavy atom. The Kier molecular flexibility index (Phi) is 3.91. The van der Waals surface area contributed by atoms with Gasteiger partial charge in [-0.25, -0.2) is 4.98 Å². The van der Waals surface area contributed by atoms with Gasteiger partial charge in [-0.3, -0.25) is 4.79 Å². The number of imidazole rings is 1. The standard InChI is InChI=1S/C20H25N3O2/c1-3-20(12-24)11-15-9-10-16(20)23(15)19(25)17-13(2)21-18(22-17)14-7-5-4-6-8-14/h4-8,15-16,24H,3,9-12H2,1-2H3,(H,21,22)/t15-,16+,20-/m0/s1. The van der Waals surface area contributed by atoms with Crippen molar-refractivity contribution in [2.45, 2.75) is 51.6 Å². The molecule has 1 aromatic heterocycles. The molecular weight excluding hydrogens is 314 g/mol. The van der Waals surface area contributed by atoms with Gasteiger partial charge in [0.15, 0.2) is 0 Å². The Hall–Kier alpha value is -2.14. The van der Waals surface area contributed by atoms with Gasteiger partial charge < -0.3 is 15.0 Å². The van der Waals surface area contributed by atoms with E-state index in [0.29, 0.717) is 5.69 Å². The third kappa shape index (κ3) is 2.41. The SMILES string of the molecule is CC[C@@]1(CO)C[C@@H]2CC[C@H]1N2C(=O)c1nc(-c2ccccc2)[nH]c1C. The van der Waals surface area contributed by atoms with Gasteiger partial charge in [-0.1, -0.05) is 37.3 Å². The summed E-state index contributed by atoms with van der Waals surface area (Å²) in [6.45, 7) is 4.18. The summed E-state index contributed by atoms with van der Waals surface area (Å²) in [5.41, 5.74) is 2.17. The van der Waals surface area contributed by atoms with Gasteiger partial charge in [-0.05, 0) is 32.6 Å². The number of fused-ring (bicyclic) bond motifs is 2. The molecule has 2 aliphatic heterocycles. The summed E-state index contributed by atoms with van der Waals surface area (Å²) in [7, 11) is 0. The number of H-pyrrole nitrogens is 1. The van der Waals surface area contributed by atoms with E-state index in [1.807, 2.05) is 42.2 Å². The summed E-state index contributed by atoms with van der Waals surface area (Å²) in [4.78, 5) is 23.1. The van der Waals surface area contributed by atoms with Crippen molar-refractivity contribution in [3.05, 3.63) is 41.7 Å². The predicted molar refractivity (Wildman–Crippen MR) is 96.2 cm³/mol. The summed E-state index contributed by atoms with van der Waals surface area (Å²) >= 11 is 0. The van der Waals surface area contributed by atoms with Gasteiger partial charge in [-0.2, -0.15) is 0 Å². The number of aromatic amines is 1. The number of aromatic nitrogens is 2. The molecule has 1 aromatic carbocycles. The topological polar surface area (TPSA) is 69.2 Å². The van der Waals surface area contributed by atoms with Crippen LogP contribution in [0.5, 0.6) is 0 Å².